The quantitative estimate of drug-likeness (QED) is 0.747. The van der Waals surface area contributed by atoms with Gasteiger partial charge in [0.15, 0.2) is 5.82 Å². The second kappa shape index (κ2) is 7.09. The van der Waals surface area contributed by atoms with Gasteiger partial charge in [0, 0.05) is 19.1 Å². The van der Waals surface area contributed by atoms with E-state index >= 15 is 0 Å². The molecule has 0 atom stereocenters. The number of methoxy groups -OCH3 is 1. The Hall–Kier alpha value is -3.00. The SMILES string of the molecule is COCc1nc(CNc2nc(C)nc3c2Cc2ccccc2OC3)no1. The zero-order valence-corrected chi connectivity index (χ0v) is 14.7. The fourth-order valence-electron chi connectivity index (χ4n) is 2.94. The second-order valence-corrected chi connectivity index (χ2v) is 6.01. The summed E-state index contributed by atoms with van der Waals surface area (Å²) in [5, 5.41) is 7.25. The normalized spacial score (nSPS) is 12.7. The molecule has 1 N–H and O–H groups in total. The number of para-hydroxylation sites is 1. The van der Waals surface area contributed by atoms with Crippen LogP contribution in [0.2, 0.25) is 0 Å². The standard InChI is InChI=1S/C18H19N5O3/c1-11-20-14-9-25-15-6-4-3-5-12(15)7-13(14)18(21-11)19-8-16-22-17(10-24-2)26-23-16/h3-6H,7-10H2,1-2H3,(H,19,20,21). The number of fused-ring (bicyclic) bond motifs is 2. The lowest BCUT2D eigenvalue weighted by Gasteiger charge is -2.12. The first kappa shape index (κ1) is 16.5. The summed E-state index contributed by atoms with van der Waals surface area (Å²) in [6.45, 7) is 2.99. The number of ether oxygens (including phenoxy) is 2. The van der Waals surface area contributed by atoms with E-state index < -0.39 is 0 Å². The van der Waals surface area contributed by atoms with Crippen LogP contribution in [-0.4, -0.2) is 27.2 Å². The molecule has 1 aromatic carbocycles. The Labute approximate surface area is 150 Å². The monoisotopic (exact) mass is 353 g/mol. The van der Waals surface area contributed by atoms with E-state index in [0.29, 0.717) is 43.7 Å². The molecule has 0 aliphatic carbocycles. The molecule has 26 heavy (non-hydrogen) atoms. The molecule has 0 saturated heterocycles. The predicted molar refractivity (Wildman–Crippen MR) is 92.7 cm³/mol. The van der Waals surface area contributed by atoms with Gasteiger partial charge in [0.05, 0.1) is 12.2 Å². The molecule has 3 heterocycles. The molecule has 1 aliphatic heterocycles. The van der Waals surface area contributed by atoms with E-state index in [0.717, 1.165) is 28.4 Å². The van der Waals surface area contributed by atoms with Gasteiger partial charge in [0.2, 0.25) is 0 Å². The predicted octanol–water partition coefficient (Wildman–Crippen LogP) is 2.41. The van der Waals surface area contributed by atoms with Crippen molar-refractivity contribution in [2.75, 3.05) is 12.4 Å². The number of hydrogen-bond acceptors (Lipinski definition) is 8. The molecule has 8 nitrogen and oxygen atoms in total. The molecule has 134 valence electrons. The Bertz CT molecular complexity index is 925. The molecule has 0 spiro atoms. The van der Waals surface area contributed by atoms with Crippen molar-refractivity contribution in [3.8, 4) is 5.75 Å². The highest BCUT2D eigenvalue weighted by molar-refractivity contribution is 5.52. The molecule has 1 aliphatic rings. The van der Waals surface area contributed by atoms with E-state index in [4.69, 9.17) is 14.0 Å². The average molecular weight is 353 g/mol. The number of hydrogen-bond donors (Lipinski definition) is 1. The van der Waals surface area contributed by atoms with E-state index in [9.17, 15) is 0 Å². The van der Waals surface area contributed by atoms with Crippen LogP contribution in [0.15, 0.2) is 28.8 Å². The molecule has 0 saturated carbocycles. The summed E-state index contributed by atoms with van der Waals surface area (Å²) in [7, 11) is 1.58. The van der Waals surface area contributed by atoms with Gasteiger partial charge in [0.25, 0.3) is 5.89 Å². The van der Waals surface area contributed by atoms with Gasteiger partial charge in [-0.2, -0.15) is 4.98 Å². The number of benzene rings is 1. The Kier molecular flexibility index (Phi) is 4.49. The van der Waals surface area contributed by atoms with E-state index in [-0.39, 0.29) is 0 Å². The van der Waals surface area contributed by atoms with Crippen LogP contribution in [-0.2, 0) is 30.9 Å². The topological polar surface area (TPSA) is 95.2 Å². The van der Waals surface area contributed by atoms with Crippen LogP contribution in [0.4, 0.5) is 5.82 Å². The van der Waals surface area contributed by atoms with Crippen LogP contribution in [0.25, 0.3) is 0 Å². The van der Waals surface area contributed by atoms with Crippen molar-refractivity contribution < 1.29 is 14.0 Å². The number of aromatic nitrogens is 4. The van der Waals surface area contributed by atoms with Crippen molar-refractivity contribution in [2.24, 2.45) is 0 Å². The minimum atomic E-state index is 0.295. The third kappa shape index (κ3) is 3.36. The lowest BCUT2D eigenvalue weighted by Crippen LogP contribution is -2.11. The highest BCUT2D eigenvalue weighted by atomic mass is 16.5. The van der Waals surface area contributed by atoms with Crippen LogP contribution in [0.1, 0.15) is 34.4 Å². The molecule has 4 rings (SSSR count). The first-order chi connectivity index (χ1) is 12.7. The molecular formula is C18H19N5O3. The maximum Gasteiger partial charge on any atom is 0.252 e. The molecule has 0 unspecified atom stereocenters. The van der Waals surface area contributed by atoms with Gasteiger partial charge in [-0.3, -0.25) is 0 Å². The second-order valence-electron chi connectivity index (χ2n) is 6.01. The van der Waals surface area contributed by atoms with Gasteiger partial charge in [0.1, 0.15) is 30.6 Å². The maximum absolute atomic E-state index is 5.91. The smallest absolute Gasteiger partial charge is 0.252 e. The number of nitrogens with zero attached hydrogens (tertiary/aromatic N) is 4. The van der Waals surface area contributed by atoms with Gasteiger partial charge in [-0.05, 0) is 18.6 Å². The number of anilines is 1. The minimum Gasteiger partial charge on any atom is -0.487 e. The summed E-state index contributed by atoms with van der Waals surface area (Å²) < 4.78 is 16.0. The van der Waals surface area contributed by atoms with Gasteiger partial charge < -0.3 is 19.3 Å². The molecule has 0 fully saturated rings. The maximum atomic E-state index is 5.91. The van der Waals surface area contributed by atoms with E-state index in [1.54, 1.807) is 7.11 Å². The Morgan fingerprint density at radius 2 is 2.08 bits per heavy atom. The molecule has 3 aromatic rings. The first-order valence-electron chi connectivity index (χ1n) is 8.34. The Morgan fingerprint density at radius 1 is 1.19 bits per heavy atom. The summed E-state index contributed by atoms with van der Waals surface area (Å²) in [6, 6.07) is 8.01. The van der Waals surface area contributed by atoms with E-state index in [1.165, 1.54) is 0 Å². The Balaban J connectivity index is 1.60. The number of nitrogens with one attached hydrogen (secondary N) is 1. The van der Waals surface area contributed by atoms with Crippen LogP contribution < -0.4 is 10.1 Å². The molecule has 0 radical (unpaired) electrons. The fourth-order valence-corrected chi connectivity index (χ4v) is 2.94. The zero-order valence-electron chi connectivity index (χ0n) is 14.7. The van der Waals surface area contributed by atoms with Crippen molar-refractivity contribution in [1.29, 1.82) is 0 Å². The van der Waals surface area contributed by atoms with Gasteiger partial charge in [-0.15, -0.1) is 0 Å². The summed E-state index contributed by atoms with van der Waals surface area (Å²) in [6.07, 6.45) is 0.704. The third-order valence-corrected chi connectivity index (χ3v) is 4.10. The van der Waals surface area contributed by atoms with Gasteiger partial charge in [-0.25, -0.2) is 9.97 Å². The summed E-state index contributed by atoms with van der Waals surface area (Å²) in [5.41, 5.74) is 3.04. The summed E-state index contributed by atoms with van der Waals surface area (Å²) >= 11 is 0. The number of aryl methyl sites for hydroxylation is 1. The van der Waals surface area contributed by atoms with E-state index in [1.807, 2.05) is 25.1 Å². The van der Waals surface area contributed by atoms with Gasteiger partial charge >= 0.3 is 0 Å². The largest absolute Gasteiger partial charge is 0.487 e. The molecular weight excluding hydrogens is 334 g/mol. The molecule has 0 amide bonds. The zero-order chi connectivity index (χ0) is 17.9. The van der Waals surface area contributed by atoms with Crippen LogP contribution in [0.5, 0.6) is 5.75 Å². The van der Waals surface area contributed by atoms with Crippen LogP contribution in [0, 0.1) is 6.92 Å². The highest BCUT2D eigenvalue weighted by Crippen LogP contribution is 2.30. The number of rotatable bonds is 5. The fraction of sp³-hybridized carbons (Fsp3) is 0.333. The summed E-state index contributed by atoms with van der Waals surface area (Å²) in [4.78, 5) is 13.4. The van der Waals surface area contributed by atoms with Crippen molar-refractivity contribution in [1.82, 2.24) is 20.1 Å². The summed E-state index contributed by atoms with van der Waals surface area (Å²) in [5.74, 6) is 3.34. The van der Waals surface area contributed by atoms with Crippen molar-refractivity contribution >= 4 is 5.82 Å². The first-order valence-corrected chi connectivity index (χ1v) is 8.34. The lowest BCUT2D eigenvalue weighted by atomic mass is 10.0. The average Bonchev–Trinajstić information content (AvgIpc) is 3.00. The molecule has 0 bridgehead atoms. The minimum absolute atomic E-state index is 0.295. The molecule has 2 aromatic heterocycles. The van der Waals surface area contributed by atoms with Crippen LogP contribution >= 0.6 is 0 Å². The Morgan fingerprint density at radius 3 is 2.96 bits per heavy atom. The van der Waals surface area contributed by atoms with Crippen LogP contribution in [0.3, 0.4) is 0 Å². The van der Waals surface area contributed by atoms with Gasteiger partial charge in [-0.1, -0.05) is 23.4 Å². The van der Waals surface area contributed by atoms with E-state index in [2.05, 4.69) is 31.5 Å². The van der Waals surface area contributed by atoms with Crippen molar-refractivity contribution in [2.45, 2.75) is 33.1 Å². The van der Waals surface area contributed by atoms with Crippen molar-refractivity contribution in [3.63, 3.8) is 0 Å². The van der Waals surface area contributed by atoms with Crippen molar-refractivity contribution in [3.05, 3.63) is 58.6 Å². The third-order valence-electron chi connectivity index (χ3n) is 4.10. The lowest BCUT2D eigenvalue weighted by molar-refractivity contribution is 0.151. The highest BCUT2D eigenvalue weighted by Gasteiger charge is 2.20. The molecule has 8 heteroatoms.